The van der Waals surface area contributed by atoms with Gasteiger partial charge in [0.1, 0.15) is 11.5 Å². The van der Waals surface area contributed by atoms with Crippen LogP contribution in [-0.4, -0.2) is 25.0 Å². The molecular formula is C23H22N2O4. The molecule has 0 atom stereocenters. The van der Waals surface area contributed by atoms with Crippen LogP contribution in [0.25, 0.3) is 11.1 Å². The predicted octanol–water partition coefficient (Wildman–Crippen LogP) is 3.27. The van der Waals surface area contributed by atoms with Gasteiger partial charge in [0, 0.05) is 5.56 Å². The van der Waals surface area contributed by atoms with E-state index < -0.39 is 11.8 Å². The molecule has 3 aromatic rings. The Labute approximate surface area is 169 Å². The van der Waals surface area contributed by atoms with E-state index in [9.17, 15) is 9.59 Å². The first-order chi connectivity index (χ1) is 14.1. The Hall–Kier alpha value is -3.80. The van der Waals surface area contributed by atoms with Gasteiger partial charge in [0.05, 0.1) is 0 Å². The van der Waals surface area contributed by atoms with E-state index in [-0.39, 0.29) is 13.2 Å². The number of carbonyl (C=O) groups is 2. The Morgan fingerprint density at radius 2 is 1.21 bits per heavy atom. The summed E-state index contributed by atoms with van der Waals surface area (Å²) in [6.45, 7) is 1.45. The lowest BCUT2D eigenvalue weighted by molar-refractivity contribution is -0.131. The van der Waals surface area contributed by atoms with Crippen molar-refractivity contribution in [2.75, 3.05) is 13.2 Å². The average molecular weight is 390 g/mol. The van der Waals surface area contributed by atoms with Gasteiger partial charge in [0.2, 0.25) is 0 Å². The van der Waals surface area contributed by atoms with Crippen LogP contribution in [0.15, 0.2) is 78.9 Å². The van der Waals surface area contributed by atoms with Crippen LogP contribution in [0.2, 0.25) is 0 Å². The molecule has 3 aromatic carbocycles. The summed E-state index contributed by atoms with van der Waals surface area (Å²) in [5.41, 5.74) is 7.43. The molecule has 0 aromatic heterocycles. The van der Waals surface area contributed by atoms with Gasteiger partial charge < -0.3 is 9.47 Å². The second-order valence-electron chi connectivity index (χ2n) is 6.30. The summed E-state index contributed by atoms with van der Waals surface area (Å²) in [4.78, 5) is 23.9. The number of para-hydroxylation sites is 2. The molecule has 0 spiro atoms. The second-order valence-corrected chi connectivity index (χ2v) is 6.30. The summed E-state index contributed by atoms with van der Waals surface area (Å²) in [6, 6.07) is 24.6. The Balaban J connectivity index is 1.46. The molecule has 3 rings (SSSR count). The first kappa shape index (κ1) is 19.9. The van der Waals surface area contributed by atoms with Crippen LogP contribution in [-0.2, 0) is 9.59 Å². The zero-order valence-corrected chi connectivity index (χ0v) is 16.1. The van der Waals surface area contributed by atoms with E-state index in [0.717, 1.165) is 16.7 Å². The summed E-state index contributed by atoms with van der Waals surface area (Å²) in [5, 5.41) is 0. The maximum Gasteiger partial charge on any atom is 0.276 e. The highest BCUT2D eigenvalue weighted by Crippen LogP contribution is 2.29. The third-order valence-corrected chi connectivity index (χ3v) is 4.12. The summed E-state index contributed by atoms with van der Waals surface area (Å²) < 4.78 is 11.1. The zero-order valence-electron chi connectivity index (χ0n) is 16.1. The fourth-order valence-corrected chi connectivity index (χ4v) is 2.67. The topological polar surface area (TPSA) is 76.7 Å². The van der Waals surface area contributed by atoms with Gasteiger partial charge in [-0.05, 0) is 30.2 Å². The molecule has 0 aliphatic carbocycles. The number of ether oxygens (including phenoxy) is 2. The number of hydrogen-bond acceptors (Lipinski definition) is 4. The van der Waals surface area contributed by atoms with Crippen LogP contribution >= 0.6 is 0 Å². The first-order valence-electron chi connectivity index (χ1n) is 9.17. The van der Waals surface area contributed by atoms with Crippen molar-refractivity contribution in [1.29, 1.82) is 0 Å². The SMILES string of the molecule is Cc1ccccc1OCC(=O)NNC(=O)COc1ccccc1-c1ccccc1. The normalized spacial score (nSPS) is 10.1. The number of amides is 2. The van der Waals surface area contributed by atoms with Crippen molar-refractivity contribution < 1.29 is 19.1 Å². The molecule has 2 N–H and O–H groups in total. The van der Waals surface area contributed by atoms with Crippen molar-refractivity contribution in [2.24, 2.45) is 0 Å². The van der Waals surface area contributed by atoms with Crippen molar-refractivity contribution in [2.45, 2.75) is 6.92 Å². The molecule has 0 bridgehead atoms. The number of hydrogen-bond donors (Lipinski definition) is 2. The molecule has 0 fully saturated rings. The molecule has 0 saturated carbocycles. The van der Waals surface area contributed by atoms with E-state index in [2.05, 4.69) is 10.9 Å². The van der Waals surface area contributed by atoms with Crippen LogP contribution in [0.4, 0.5) is 0 Å². The van der Waals surface area contributed by atoms with Crippen LogP contribution in [0.3, 0.4) is 0 Å². The van der Waals surface area contributed by atoms with Gasteiger partial charge in [-0.1, -0.05) is 66.7 Å². The van der Waals surface area contributed by atoms with Gasteiger partial charge in [0.15, 0.2) is 13.2 Å². The molecule has 0 aliphatic heterocycles. The van der Waals surface area contributed by atoms with Gasteiger partial charge in [-0.3, -0.25) is 20.4 Å². The van der Waals surface area contributed by atoms with E-state index in [1.807, 2.05) is 73.7 Å². The molecule has 6 heteroatoms. The maximum absolute atomic E-state index is 12.0. The Morgan fingerprint density at radius 3 is 1.86 bits per heavy atom. The van der Waals surface area contributed by atoms with Gasteiger partial charge in [-0.15, -0.1) is 0 Å². The molecule has 0 heterocycles. The minimum atomic E-state index is -0.475. The van der Waals surface area contributed by atoms with E-state index in [0.29, 0.717) is 11.5 Å². The summed E-state index contributed by atoms with van der Waals surface area (Å²) in [7, 11) is 0. The smallest absolute Gasteiger partial charge is 0.276 e. The van der Waals surface area contributed by atoms with Gasteiger partial charge in [-0.2, -0.15) is 0 Å². The summed E-state index contributed by atoms with van der Waals surface area (Å²) in [6.07, 6.45) is 0. The highest BCUT2D eigenvalue weighted by molar-refractivity contribution is 5.83. The largest absolute Gasteiger partial charge is 0.483 e. The highest BCUT2D eigenvalue weighted by atomic mass is 16.5. The maximum atomic E-state index is 12.0. The Bertz CT molecular complexity index is 973. The number of aryl methyl sites for hydroxylation is 1. The number of hydrazine groups is 1. The quantitative estimate of drug-likeness (QED) is 0.607. The number of rotatable bonds is 7. The predicted molar refractivity (Wildman–Crippen MR) is 110 cm³/mol. The van der Waals surface area contributed by atoms with Crippen LogP contribution < -0.4 is 20.3 Å². The van der Waals surface area contributed by atoms with E-state index in [4.69, 9.17) is 9.47 Å². The minimum Gasteiger partial charge on any atom is -0.483 e. The molecule has 29 heavy (non-hydrogen) atoms. The summed E-state index contributed by atoms with van der Waals surface area (Å²) >= 11 is 0. The first-order valence-corrected chi connectivity index (χ1v) is 9.17. The lowest BCUT2D eigenvalue weighted by Gasteiger charge is -2.12. The molecular weight excluding hydrogens is 368 g/mol. The van der Waals surface area contributed by atoms with Gasteiger partial charge >= 0.3 is 0 Å². The van der Waals surface area contributed by atoms with Gasteiger partial charge in [-0.25, -0.2) is 0 Å². The van der Waals surface area contributed by atoms with E-state index in [1.54, 1.807) is 12.1 Å². The second kappa shape index (κ2) is 9.94. The number of carbonyl (C=O) groups excluding carboxylic acids is 2. The van der Waals surface area contributed by atoms with Crippen LogP contribution in [0, 0.1) is 6.92 Å². The van der Waals surface area contributed by atoms with Crippen molar-refractivity contribution in [3.63, 3.8) is 0 Å². The molecule has 0 radical (unpaired) electrons. The van der Waals surface area contributed by atoms with Crippen molar-refractivity contribution in [1.82, 2.24) is 10.9 Å². The number of benzene rings is 3. The third kappa shape index (κ3) is 5.84. The van der Waals surface area contributed by atoms with Crippen LogP contribution in [0.1, 0.15) is 5.56 Å². The van der Waals surface area contributed by atoms with Crippen LogP contribution in [0.5, 0.6) is 11.5 Å². The molecule has 0 aliphatic rings. The minimum absolute atomic E-state index is 0.206. The monoisotopic (exact) mass is 390 g/mol. The lowest BCUT2D eigenvalue weighted by Crippen LogP contribution is -2.45. The molecule has 2 amide bonds. The summed E-state index contributed by atoms with van der Waals surface area (Å²) in [5.74, 6) is 0.265. The Morgan fingerprint density at radius 1 is 0.690 bits per heavy atom. The fourth-order valence-electron chi connectivity index (χ4n) is 2.67. The van der Waals surface area contributed by atoms with Gasteiger partial charge in [0.25, 0.3) is 11.8 Å². The Kier molecular flexibility index (Phi) is 6.84. The lowest BCUT2D eigenvalue weighted by atomic mass is 10.1. The zero-order chi connectivity index (χ0) is 20.5. The van der Waals surface area contributed by atoms with Crippen molar-refractivity contribution in [3.05, 3.63) is 84.4 Å². The highest BCUT2D eigenvalue weighted by Gasteiger charge is 2.10. The van der Waals surface area contributed by atoms with Crippen molar-refractivity contribution in [3.8, 4) is 22.6 Å². The standard InChI is InChI=1S/C23H22N2O4/c1-17-9-5-7-13-20(17)28-15-22(26)24-25-23(27)16-29-21-14-8-6-12-19(21)18-10-3-2-4-11-18/h2-14H,15-16H2,1H3,(H,24,26)(H,25,27). The van der Waals surface area contributed by atoms with E-state index >= 15 is 0 Å². The molecule has 0 saturated heterocycles. The average Bonchev–Trinajstić information content (AvgIpc) is 2.76. The fraction of sp³-hybridized carbons (Fsp3) is 0.130. The van der Waals surface area contributed by atoms with E-state index in [1.165, 1.54) is 0 Å². The molecule has 6 nitrogen and oxygen atoms in total. The molecule has 148 valence electrons. The number of nitrogens with one attached hydrogen (secondary N) is 2. The molecule has 0 unspecified atom stereocenters. The van der Waals surface area contributed by atoms with Crippen molar-refractivity contribution >= 4 is 11.8 Å². The third-order valence-electron chi connectivity index (χ3n) is 4.12.